The number of aliphatic carboxylic acids is 2. The lowest BCUT2D eigenvalue weighted by molar-refractivity contribution is -0.136. The van der Waals surface area contributed by atoms with Crippen molar-refractivity contribution in [1.82, 2.24) is 0 Å². The normalized spacial score (nSPS) is 14.8. The Morgan fingerprint density at radius 1 is 0.667 bits per heavy atom. The molecule has 2 N–H and O–H groups in total. The Hall–Kier alpha value is -1.32. The Morgan fingerprint density at radius 3 is 1.25 bits per heavy atom. The second-order valence-corrected chi connectivity index (χ2v) is 6.94. The molecule has 0 saturated carbocycles. The van der Waals surface area contributed by atoms with Crippen LogP contribution in [0.15, 0.2) is 11.1 Å². The van der Waals surface area contributed by atoms with Crippen molar-refractivity contribution >= 4 is 11.9 Å². The van der Waals surface area contributed by atoms with Gasteiger partial charge in [0.15, 0.2) is 0 Å². The highest BCUT2D eigenvalue weighted by Gasteiger charge is 2.28. The van der Waals surface area contributed by atoms with E-state index in [-0.39, 0.29) is 23.0 Å². The Balaban J connectivity index is 5.12. The molecule has 0 aromatic heterocycles. The maximum absolute atomic E-state index is 11.7. The van der Waals surface area contributed by atoms with Gasteiger partial charge in [0.05, 0.1) is 11.1 Å². The Labute approximate surface area is 147 Å². The number of hydrogen-bond acceptors (Lipinski definition) is 2. The van der Waals surface area contributed by atoms with Crippen LogP contribution in [0, 0.1) is 11.8 Å². The number of carbonyl (C=O) groups is 2. The van der Waals surface area contributed by atoms with E-state index in [1.165, 1.54) is 0 Å². The lowest BCUT2D eigenvalue weighted by atomic mass is 9.84. The number of unbranched alkanes of at least 4 members (excludes halogenated alkanes) is 6. The summed E-state index contributed by atoms with van der Waals surface area (Å²) in [5, 5.41) is 19.2. The third-order valence-corrected chi connectivity index (χ3v) is 4.72. The molecule has 0 aromatic carbocycles. The summed E-state index contributed by atoms with van der Waals surface area (Å²) in [7, 11) is 0. The molecular weight excluding hydrogens is 304 g/mol. The van der Waals surface area contributed by atoms with Gasteiger partial charge < -0.3 is 10.2 Å². The van der Waals surface area contributed by atoms with E-state index in [2.05, 4.69) is 13.8 Å². The van der Waals surface area contributed by atoms with E-state index in [0.29, 0.717) is 0 Å². The molecule has 0 bridgehead atoms. The zero-order valence-electron chi connectivity index (χ0n) is 15.9. The Bertz CT molecular complexity index is 374. The van der Waals surface area contributed by atoms with Crippen molar-refractivity contribution in [3.8, 4) is 0 Å². The van der Waals surface area contributed by atoms with Crippen LogP contribution in [-0.4, -0.2) is 22.2 Å². The van der Waals surface area contributed by atoms with Crippen LogP contribution in [0.4, 0.5) is 0 Å². The van der Waals surface area contributed by atoms with Crippen LogP contribution < -0.4 is 0 Å². The highest BCUT2D eigenvalue weighted by molar-refractivity contribution is 5.99. The fourth-order valence-corrected chi connectivity index (χ4v) is 3.23. The van der Waals surface area contributed by atoms with Crippen LogP contribution >= 0.6 is 0 Å². The van der Waals surface area contributed by atoms with E-state index in [9.17, 15) is 19.8 Å². The average molecular weight is 341 g/mol. The van der Waals surface area contributed by atoms with Crippen molar-refractivity contribution in [2.24, 2.45) is 11.8 Å². The van der Waals surface area contributed by atoms with Gasteiger partial charge in [-0.1, -0.05) is 79.1 Å². The van der Waals surface area contributed by atoms with E-state index >= 15 is 0 Å². The fourth-order valence-electron chi connectivity index (χ4n) is 3.23. The van der Waals surface area contributed by atoms with Gasteiger partial charge in [0, 0.05) is 0 Å². The third kappa shape index (κ3) is 8.51. The summed E-state index contributed by atoms with van der Waals surface area (Å²) < 4.78 is 0. The van der Waals surface area contributed by atoms with Gasteiger partial charge >= 0.3 is 11.9 Å². The van der Waals surface area contributed by atoms with Crippen molar-refractivity contribution in [2.75, 3.05) is 0 Å². The number of hydrogen-bond donors (Lipinski definition) is 2. The van der Waals surface area contributed by atoms with Crippen LogP contribution in [0.25, 0.3) is 0 Å². The van der Waals surface area contributed by atoms with E-state index in [4.69, 9.17) is 0 Å². The lowest BCUT2D eigenvalue weighted by Gasteiger charge is -2.20. The molecule has 2 atom stereocenters. The Morgan fingerprint density at radius 2 is 1.00 bits per heavy atom. The van der Waals surface area contributed by atoms with Crippen molar-refractivity contribution in [2.45, 2.75) is 91.9 Å². The second kappa shape index (κ2) is 13.0. The molecule has 4 heteroatoms. The molecule has 0 aliphatic carbocycles. The van der Waals surface area contributed by atoms with Crippen molar-refractivity contribution in [1.29, 1.82) is 0 Å². The molecule has 0 heterocycles. The largest absolute Gasteiger partial charge is 0.478 e. The molecule has 0 radical (unpaired) electrons. The van der Waals surface area contributed by atoms with Crippen LogP contribution in [0.1, 0.15) is 91.9 Å². The van der Waals surface area contributed by atoms with E-state index in [1.54, 1.807) is 0 Å². The van der Waals surface area contributed by atoms with Gasteiger partial charge in [-0.05, 0) is 24.7 Å². The molecule has 0 aromatic rings. The van der Waals surface area contributed by atoms with Gasteiger partial charge in [0.25, 0.3) is 0 Å². The van der Waals surface area contributed by atoms with Gasteiger partial charge in [-0.25, -0.2) is 9.59 Å². The first-order valence-corrected chi connectivity index (χ1v) is 9.57. The summed E-state index contributed by atoms with van der Waals surface area (Å²) in [4.78, 5) is 23.5. The maximum atomic E-state index is 11.7. The van der Waals surface area contributed by atoms with E-state index < -0.39 is 11.9 Å². The molecule has 0 aliphatic heterocycles. The standard InChI is InChI=1S/C20H36O4/c1-5-7-9-11-13-15(3)17(19(21)22)18(20(23)24)16(4)14-12-10-8-6-2/h15-16H,5-14H2,1-4H3,(H,21,22)(H,23,24). The topological polar surface area (TPSA) is 74.6 Å². The first-order valence-electron chi connectivity index (χ1n) is 9.57. The molecule has 0 saturated heterocycles. The van der Waals surface area contributed by atoms with Crippen molar-refractivity contribution in [3.05, 3.63) is 11.1 Å². The van der Waals surface area contributed by atoms with Crippen LogP contribution in [-0.2, 0) is 9.59 Å². The monoisotopic (exact) mass is 340 g/mol. The summed E-state index contributed by atoms with van der Waals surface area (Å²) in [5.74, 6) is -2.58. The minimum atomic E-state index is -1.07. The molecular formula is C20H36O4. The predicted molar refractivity (Wildman–Crippen MR) is 98.1 cm³/mol. The maximum Gasteiger partial charge on any atom is 0.332 e. The first-order chi connectivity index (χ1) is 11.4. The smallest absolute Gasteiger partial charge is 0.332 e. The summed E-state index contributed by atoms with van der Waals surface area (Å²) >= 11 is 0. The quantitative estimate of drug-likeness (QED) is 0.316. The van der Waals surface area contributed by atoms with Gasteiger partial charge in [-0.3, -0.25) is 0 Å². The molecule has 24 heavy (non-hydrogen) atoms. The molecule has 0 aliphatic rings. The fraction of sp³-hybridized carbons (Fsp3) is 0.800. The molecule has 0 amide bonds. The zero-order valence-corrected chi connectivity index (χ0v) is 15.9. The highest BCUT2D eigenvalue weighted by atomic mass is 16.4. The van der Waals surface area contributed by atoms with E-state index in [1.807, 2.05) is 13.8 Å². The van der Waals surface area contributed by atoms with Crippen molar-refractivity contribution in [3.63, 3.8) is 0 Å². The highest BCUT2D eigenvalue weighted by Crippen LogP contribution is 2.29. The second-order valence-electron chi connectivity index (χ2n) is 6.94. The average Bonchev–Trinajstić information content (AvgIpc) is 2.52. The summed E-state index contributed by atoms with van der Waals surface area (Å²) in [6.45, 7) is 7.97. The number of carboxylic acid groups (broad SMARTS) is 2. The molecule has 0 fully saturated rings. The molecule has 2 unspecified atom stereocenters. The zero-order chi connectivity index (χ0) is 18.5. The number of rotatable bonds is 14. The molecule has 140 valence electrons. The predicted octanol–water partition coefficient (Wildman–Crippen LogP) is 5.67. The summed E-state index contributed by atoms with van der Waals surface area (Å²) in [6, 6.07) is 0. The van der Waals surface area contributed by atoms with Gasteiger partial charge in [0.2, 0.25) is 0 Å². The number of carboxylic acids is 2. The van der Waals surface area contributed by atoms with Gasteiger partial charge in [-0.15, -0.1) is 0 Å². The van der Waals surface area contributed by atoms with E-state index in [0.717, 1.165) is 64.2 Å². The van der Waals surface area contributed by atoms with Crippen LogP contribution in [0.3, 0.4) is 0 Å². The van der Waals surface area contributed by atoms with Crippen LogP contribution in [0.5, 0.6) is 0 Å². The molecule has 0 spiro atoms. The van der Waals surface area contributed by atoms with Crippen LogP contribution in [0.2, 0.25) is 0 Å². The molecule has 0 rings (SSSR count). The SMILES string of the molecule is CCCCCCC(C)C(C(=O)O)=C(C(=O)O)C(C)CCCCCC. The minimum Gasteiger partial charge on any atom is -0.478 e. The third-order valence-electron chi connectivity index (χ3n) is 4.72. The Kier molecular flexibility index (Phi) is 12.3. The lowest BCUT2D eigenvalue weighted by Crippen LogP contribution is -2.21. The molecule has 4 nitrogen and oxygen atoms in total. The first kappa shape index (κ1) is 22.7. The minimum absolute atomic E-state index is 0.113. The summed E-state index contributed by atoms with van der Waals surface area (Å²) in [5.41, 5.74) is 0.226. The van der Waals surface area contributed by atoms with Gasteiger partial charge in [-0.2, -0.15) is 0 Å². The van der Waals surface area contributed by atoms with Crippen molar-refractivity contribution < 1.29 is 19.8 Å². The van der Waals surface area contributed by atoms with Gasteiger partial charge in [0.1, 0.15) is 0 Å². The summed E-state index contributed by atoms with van der Waals surface area (Å²) in [6.07, 6.45) is 10.0.